The Morgan fingerprint density at radius 2 is 1.92 bits per heavy atom. The van der Waals surface area contributed by atoms with E-state index in [2.05, 4.69) is 20.9 Å². The molecule has 5 atom stereocenters. The average molecular weight is 547 g/mol. The summed E-state index contributed by atoms with van der Waals surface area (Å²) in [5, 5.41) is 20.4. The first-order valence-corrected chi connectivity index (χ1v) is 13.2. The van der Waals surface area contributed by atoms with Crippen molar-refractivity contribution < 1.29 is 32.6 Å². The number of aromatic nitrogens is 1. The zero-order chi connectivity index (χ0) is 27.8. The van der Waals surface area contributed by atoms with Crippen LogP contribution in [0.3, 0.4) is 0 Å². The molecule has 39 heavy (non-hydrogen) atoms. The van der Waals surface area contributed by atoms with E-state index >= 15 is 0 Å². The third-order valence-corrected chi connectivity index (χ3v) is 8.74. The van der Waals surface area contributed by atoms with Gasteiger partial charge in [-0.05, 0) is 80.7 Å². The fourth-order valence-corrected chi connectivity index (χ4v) is 6.82. The van der Waals surface area contributed by atoms with Crippen LogP contribution < -0.4 is 20.7 Å². The Labute approximate surface area is 224 Å². The van der Waals surface area contributed by atoms with Gasteiger partial charge in [0.2, 0.25) is 11.8 Å². The highest BCUT2D eigenvalue weighted by Gasteiger charge is 2.54. The van der Waals surface area contributed by atoms with Crippen LogP contribution in [0.5, 0.6) is 5.88 Å². The number of nitrogens with zero attached hydrogens (tertiary/aromatic N) is 1. The van der Waals surface area contributed by atoms with Gasteiger partial charge in [-0.25, -0.2) is 4.98 Å². The van der Waals surface area contributed by atoms with Crippen LogP contribution in [-0.4, -0.2) is 54.2 Å². The minimum atomic E-state index is -4.56. The lowest BCUT2D eigenvalue weighted by Crippen LogP contribution is -2.57. The zero-order valence-corrected chi connectivity index (χ0v) is 21.7. The van der Waals surface area contributed by atoms with E-state index in [4.69, 9.17) is 4.74 Å². The number of ether oxygens (including phenoxy) is 1. The lowest BCUT2D eigenvalue weighted by molar-refractivity contribution is -0.137. The van der Waals surface area contributed by atoms with E-state index < -0.39 is 28.8 Å². The number of rotatable bonds is 7. The fourth-order valence-electron chi connectivity index (χ4n) is 6.82. The molecule has 2 unspecified atom stereocenters. The molecule has 0 spiro atoms. The standard InChI is InChI=1S/C28H33F3N4O4/c1-39-24-6-5-21(14-33-24)27(38)12-18-10-22(11-19(18)13-27)26(7-8-32-16-26)35-23(36)15-34-25(37)17-3-2-4-20(9-17)28(29,30)31/h2-6,9,14,18-19,22,32,38H,7-8,10-13,15-16H2,1H3,(H,34,37)(H,35,36)/t18-,19?,22?,26-,27-/m0/s1. The second-order valence-corrected chi connectivity index (χ2v) is 11.1. The number of amides is 2. The lowest BCUT2D eigenvalue weighted by atomic mass is 9.78. The second-order valence-electron chi connectivity index (χ2n) is 11.1. The van der Waals surface area contributed by atoms with Crippen LogP contribution in [0.4, 0.5) is 13.2 Å². The minimum absolute atomic E-state index is 0.155. The number of pyridine rings is 1. The third kappa shape index (κ3) is 5.60. The van der Waals surface area contributed by atoms with Crippen LogP contribution in [0.25, 0.3) is 0 Å². The first kappa shape index (κ1) is 27.4. The largest absolute Gasteiger partial charge is 0.481 e. The summed E-state index contributed by atoms with van der Waals surface area (Å²) in [6, 6.07) is 7.74. The number of nitrogens with one attached hydrogen (secondary N) is 3. The SMILES string of the molecule is COc1ccc([C@@]2(O)CC3CC([C@]4(NC(=O)CNC(=O)c5cccc(C(F)(F)F)c5)CCNC4)C[C@H]3C2)cn1. The third-order valence-electron chi connectivity index (χ3n) is 8.74. The van der Waals surface area contributed by atoms with Crippen molar-refractivity contribution in [2.75, 3.05) is 26.7 Å². The number of alkyl halides is 3. The smallest absolute Gasteiger partial charge is 0.416 e. The summed E-state index contributed by atoms with van der Waals surface area (Å²) < 4.78 is 44.1. The minimum Gasteiger partial charge on any atom is -0.481 e. The maximum absolute atomic E-state index is 13.0. The van der Waals surface area contributed by atoms with E-state index in [1.54, 1.807) is 19.4 Å². The quantitative estimate of drug-likeness (QED) is 0.425. The molecule has 2 heterocycles. The number of methoxy groups -OCH3 is 1. The predicted octanol–water partition coefficient (Wildman–Crippen LogP) is 3.01. The van der Waals surface area contributed by atoms with E-state index in [0.29, 0.717) is 37.1 Å². The normalized spacial score (nSPS) is 30.1. The second kappa shape index (κ2) is 10.4. The van der Waals surface area contributed by atoms with Crippen LogP contribution in [0.1, 0.15) is 53.6 Å². The van der Waals surface area contributed by atoms with Crippen molar-refractivity contribution in [2.24, 2.45) is 17.8 Å². The summed E-state index contributed by atoms with van der Waals surface area (Å²) in [7, 11) is 1.55. The Bertz CT molecular complexity index is 1200. The van der Waals surface area contributed by atoms with Crippen molar-refractivity contribution in [2.45, 2.75) is 49.4 Å². The zero-order valence-electron chi connectivity index (χ0n) is 21.7. The van der Waals surface area contributed by atoms with E-state index in [-0.39, 0.29) is 23.9 Å². The molecule has 3 fully saturated rings. The maximum Gasteiger partial charge on any atom is 0.416 e. The Balaban J connectivity index is 1.19. The van der Waals surface area contributed by atoms with Gasteiger partial charge in [-0.2, -0.15) is 13.2 Å². The number of aliphatic hydroxyl groups is 1. The van der Waals surface area contributed by atoms with E-state index in [1.807, 2.05) is 6.07 Å². The van der Waals surface area contributed by atoms with Crippen molar-refractivity contribution >= 4 is 11.8 Å². The molecule has 3 aliphatic rings. The number of fused-ring (bicyclic) bond motifs is 1. The van der Waals surface area contributed by atoms with Crippen molar-refractivity contribution in [1.29, 1.82) is 0 Å². The average Bonchev–Trinajstić information content (AvgIpc) is 3.62. The molecule has 4 N–H and O–H groups in total. The van der Waals surface area contributed by atoms with Gasteiger partial charge in [0.1, 0.15) is 0 Å². The van der Waals surface area contributed by atoms with Gasteiger partial charge in [0.15, 0.2) is 0 Å². The van der Waals surface area contributed by atoms with Crippen LogP contribution in [0.2, 0.25) is 0 Å². The van der Waals surface area contributed by atoms with Crippen molar-refractivity contribution in [3.8, 4) is 5.88 Å². The van der Waals surface area contributed by atoms with Gasteiger partial charge in [0, 0.05) is 29.9 Å². The number of hydrogen-bond donors (Lipinski definition) is 4. The van der Waals surface area contributed by atoms with E-state index in [0.717, 1.165) is 43.5 Å². The van der Waals surface area contributed by atoms with Gasteiger partial charge in [-0.3, -0.25) is 9.59 Å². The summed E-state index contributed by atoms with van der Waals surface area (Å²) >= 11 is 0. The summed E-state index contributed by atoms with van der Waals surface area (Å²) in [6.07, 6.45) is 0.866. The molecule has 2 aliphatic carbocycles. The molecule has 2 amide bonds. The number of carbonyl (C=O) groups is 2. The highest BCUT2D eigenvalue weighted by Crippen LogP contribution is 2.56. The molecule has 1 saturated heterocycles. The molecule has 5 rings (SSSR count). The number of hydrogen-bond acceptors (Lipinski definition) is 6. The monoisotopic (exact) mass is 546 g/mol. The van der Waals surface area contributed by atoms with E-state index in [9.17, 15) is 27.9 Å². The molecular weight excluding hydrogens is 513 g/mol. The van der Waals surface area contributed by atoms with Gasteiger partial charge < -0.3 is 25.8 Å². The molecule has 11 heteroatoms. The van der Waals surface area contributed by atoms with E-state index in [1.165, 1.54) is 12.1 Å². The molecule has 0 bridgehead atoms. The summed E-state index contributed by atoms with van der Waals surface area (Å²) in [5.41, 5.74) is -1.69. The van der Waals surface area contributed by atoms with Crippen molar-refractivity contribution in [1.82, 2.24) is 20.9 Å². The summed E-state index contributed by atoms with van der Waals surface area (Å²) in [6.45, 7) is 1.03. The lowest BCUT2D eigenvalue weighted by Gasteiger charge is -2.37. The number of benzene rings is 1. The maximum atomic E-state index is 13.0. The molecular formula is C28H33F3N4O4. The topological polar surface area (TPSA) is 113 Å². The fraction of sp³-hybridized carbons (Fsp3) is 0.536. The number of carbonyl (C=O) groups excluding carboxylic acids is 2. The molecule has 210 valence electrons. The van der Waals surface area contributed by atoms with Gasteiger partial charge in [-0.1, -0.05) is 6.07 Å². The molecule has 1 aliphatic heterocycles. The van der Waals surface area contributed by atoms with Crippen molar-refractivity contribution in [3.05, 3.63) is 59.3 Å². The molecule has 2 aromatic rings. The van der Waals surface area contributed by atoms with Crippen molar-refractivity contribution in [3.63, 3.8) is 0 Å². The molecule has 2 saturated carbocycles. The Kier molecular flexibility index (Phi) is 7.32. The summed E-state index contributed by atoms with van der Waals surface area (Å²) in [5.74, 6) is 0.228. The highest BCUT2D eigenvalue weighted by molar-refractivity contribution is 5.96. The molecule has 1 aromatic carbocycles. The van der Waals surface area contributed by atoms with Crippen LogP contribution in [0, 0.1) is 17.8 Å². The van der Waals surface area contributed by atoms with Gasteiger partial charge >= 0.3 is 6.18 Å². The van der Waals surface area contributed by atoms with Gasteiger partial charge in [0.05, 0.1) is 30.4 Å². The van der Waals surface area contributed by atoms with Crippen LogP contribution in [-0.2, 0) is 16.6 Å². The first-order chi connectivity index (χ1) is 18.5. The van der Waals surface area contributed by atoms with Gasteiger partial charge in [0.25, 0.3) is 5.91 Å². The Morgan fingerprint density at radius 1 is 1.18 bits per heavy atom. The summed E-state index contributed by atoms with van der Waals surface area (Å²) in [4.78, 5) is 29.6. The van der Waals surface area contributed by atoms with Gasteiger partial charge in [-0.15, -0.1) is 0 Å². The molecule has 8 nitrogen and oxygen atoms in total. The van der Waals surface area contributed by atoms with Crippen LogP contribution in [0.15, 0.2) is 42.6 Å². The van der Waals surface area contributed by atoms with Crippen LogP contribution >= 0.6 is 0 Å². The molecule has 1 aromatic heterocycles. The Hall–Kier alpha value is -3.18. The number of halogens is 3. The predicted molar refractivity (Wildman–Crippen MR) is 136 cm³/mol. The Morgan fingerprint density at radius 3 is 2.51 bits per heavy atom. The first-order valence-electron chi connectivity index (χ1n) is 13.2. The molecule has 0 radical (unpaired) electrons. The highest BCUT2D eigenvalue weighted by atomic mass is 19.4.